The lowest BCUT2D eigenvalue weighted by molar-refractivity contribution is -0.134. The van der Waals surface area contributed by atoms with Gasteiger partial charge in [-0.15, -0.1) is 12.4 Å². The van der Waals surface area contributed by atoms with Crippen LogP contribution in [0.15, 0.2) is 43.0 Å². The monoisotopic (exact) mass is 321 g/mol. The summed E-state index contributed by atoms with van der Waals surface area (Å²) < 4.78 is 1.83. The van der Waals surface area contributed by atoms with E-state index in [-0.39, 0.29) is 24.4 Å². The van der Waals surface area contributed by atoms with Crippen molar-refractivity contribution in [1.82, 2.24) is 19.7 Å². The van der Waals surface area contributed by atoms with E-state index in [1.54, 1.807) is 6.33 Å². The van der Waals surface area contributed by atoms with Gasteiger partial charge in [-0.3, -0.25) is 4.79 Å². The van der Waals surface area contributed by atoms with Gasteiger partial charge in [-0.2, -0.15) is 5.10 Å². The molecule has 2 unspecified atom stereocenters. The zero-order valence-electron chi connectivity index (χ0n) is 12.2. The van der Waals surface area contributed by atoms with Gasteiger partial charge in [-0.25, -0.2) is 9.67 Å². The number of rotatable bonds is 3. The molecule has 22 heavy (non-hydrogen) atoms. The molecule has 1 aliphatic rings. The van der Waals surface area contributed by atoms with Gasteiger partial charge < -0.3 is 10.6 Å². The number of nitrogens with two attached hydrogens (primary N) is 1. The average Bonchev–Trinajstić information content (AvgIpc) is 3.09. The van der Waals surface area contributed by atoms with Crippen molar-refractivity contribution in [2.75, 3.05) is 13.1 Å². The standard InChI is InChI=1S/C15H19N5O.ClH/c16-14(12-5-2-1-3-6-12)15(21)19-8-4-7-13(9-19)20-11-17-10-18-20;/h1-3,5-6,10-11,13-14H,4,7-9,16H2;1H. The largest absolute Gasteiger partial charge is 0.339 e. The van der Waals surface area contributed by atoms with Crippen LogP contribution in [0.4, 0.5) is 0 Å². The van der Waals surface area contributed by atoms with Crippen LogP contribution in [0, 0.1) is 0 Å². The van der Waals surface area contributed by atoms with Crippen molar-refractivity contribution >= 4 is 18.3 Å². The van der Waals surface area contributed by atoms with E-state index in [0.717, 1.165) is 24.9 Å². The predicted octanol–water partition coefficient (Wildman–Crippen LogP) is 1.56. The molecule has 118 valence electrons. The molecular formula is C15H20ClN5O. The SMILES string of the molecule is Cl.NC(C(=O)N1CCCC(n2cncn2)C1)c1ccccc1. The van der Waals surface area contributed by atoms with Crippen LogP contribution in [0.25, 0.3) is 0 Å². The lowest BCUT2D eigenvalue weighted by atomic mass is 10.0. The second-order valence-corrected chi connectivity index (χ2v) is 5.34. The van der Waals surface area contributed by atoms with Gasteiger partial charge >= 0.3 is 0 Å². The van der Waals surface area contributed by atoms with Gasteiger partial charge in [0.15, 0.2) is 0 Å². The lowest BCUT2D eigenvalue weighted by Crippen LogP contribution is -2.45. The molecule has 2 aromatic rings. The Morgan fingerprint density at radius 1 is 1.32 bits per heavy atom. The minimum atomic E-state index is -0.597. The van der Waals surface area contributed by atoms with Gasteiger partial charge in [0.05, 0.1) is 6.04 Å². The van der Waals surface area contributed by atoms with Gasteiger partial charge in [0.25, 0.3) is 0 Å². The number of aromatic nitrogens is 3. The number of nitrogens with zero attached hydrogens (tertiary/aromatic N) is 4. The second-order valence-electron chi connectivity index (χ2n) is 5.34. The molecule has 3 rings (SSSR count). The normalized spacial score (nSPS) is 19.3. The van der Waals surface area contributed by atoms with Crippen molar-refractivity contribution in [3.05, 3.63) is 48.5 Å². The second kappa shape index (κ2) is 7.38. The molecule has 0 saturated carbocycles. The van der Waals surface area contributed by atoms with Gasteiger partial charge in [0, 0.05) is 13.1 Å². The molecule has 0 aliphatic carbocycles. The fraction of sp³-hybridized carbons (Fsp3) is 0.400. The number of carbonyl (C=O) groups excluding carboxylic acids is 1. The highest BCUT2D eigenvalue weighted by Crippen LogP contribution is 2.23. The molecule has 2 N–H and O–H groups in total. The summed E-state index contributed by atoms with van der Waals surface area (Å²) in [5.41, 5.74) is 6.96. The number of benzene rings is 1. The number of halogens is 1. The summed E-state index contributed by atoms with van der Waals surface area (Å²) in [6, 6.07) is 9.09. The Bertz CT molecular complexity index is 589. The third-order valence-corrected chi connectivity index (χ3v) is 3.94. The van der Waals surface area contributed by atoms with E-state index in [2.05, 4.69) is 10.1 Å². The van der Waals surface area contributed by atoms with Crippen LogP contribution < -0.4 is 5.73 Å². The van der Waals surface area contributed by atoms with Crippen molar-refractivity contribution in [2.24, 2.45) is 5.73 Å². The summed E-state index contributed by atoms with van der Waals surface area (Å²) in [7, 11) is 0. The Hall–Kier alpha value is -1.92. The third-order valence-electron chi connectivity index (χ3n) is 3.94. The molecule has 1 amide bonds. The van der Waals surface area contributed by atoms with E-state index in [0.29, 0.717) is 6.54 Å². The first kappa shape index (κ1) is 16.5. The van der Waals surface area contributed by atoms with Crippen LogP contribution in [-0.4, -0.2) is 38.7 Å². The predicted molar refractivity (Wildman–Crippen MR) is 85.5 cm³/mol. The molecule has 1 saturated heterocycles. The molecule has 2 heterocycles. The molecule has 1 aromatic heterocycles. The number of piperidine rings is 1. The molecule has 0 bridgehead atoms. The van der Waals surface area contributed by atoms with E-state index in [1.165, 1.54) is 6.33 Å². The van der Waals surface area contributed by atoms with Gasteiger partial charge in [-0.05, 0) is 18.4 Å². The summed E-state index contributed by atoms with van der Waals surface area (Å²) in [4.78, 5) is 18.4. The van der Waals surface area contributed by atoms with Gasteiger partial charge in [-0.1, -0.05) is 30.3 Å². The fourth-order valence-electron chi connectivity index (χ4n) is 2.78. The highest BCUT2D eigenvalue weighted by atomic mass is 35.5. The number of hydrogen-bond acceptors (Lipinski definition) is 4. The molecule has 0 spiro atoms. The van der Waals surface area contributed by atoms with Crippen molar-refractivity contribution in [1.29, 1.82) is 0 Å². The number of amides is 1. The van der Waals surface area contributed by atoms with Crippen LogP contribution in [0.5, 0.6) is 0 Å². The topological polar surface area (TPSA) is 77.0 Å². The average molecular weight is 322 g/mol. The Balaban J connectivity index is 0.00000176. The summed E-state index contributed by atoms with van der Waals surface area (Å²) in [6.45, 7) is 1.40. The maximum absolute atomic E-state index is 12.6. The number of likely N-dealkylation sites (tertiary alicyclic amines) is 1. The quantitative estimate of drug-likeness (QED) is 0.930. The minimum absolute atomic E-state index is 0. The summed E-state index contributed by atoms with van der Waals surface area (Å²) in [6.07, 6.45) is 5.19. The molecule has 1 fully saturated rings. The molecule has 2 atom stereocenters. The zero-order chi connectivity index (χ0) is 14.7. The maximum Gasteiger partial charge on any atom is 0.244 e. The molecule has 0 radical (unpaired) electrons. The lowest BCUT2D eigenvalue weighted by Gasteiger charge is -2.34. The van der Waals surface area contributed by atoms with Gasteiger partial charge in [0.1, 0.15) is 18.7 Å². The van der Waals surface area contributed by atoms with Crippen molar-refractivity contribution in [3.8, 4) is 0 Å². The highest BCUT2D eigenvalue weighted by molar-refractivity contribution is 5.85. The van der Waals surface area contributed by atoms with E-state index in [9.17, 15) is 4.79 Å². The summed E-state index contributed by atoms with van der Waals surface area (Å²) >= 11 is 0. The molecular weight excluding hydrogens is 302 g/mol. The molecule has 1 aliphatic heterocycles. The number of carbonyl (C=O) groups is 1. The first-order valence-electron chi connectivity index (χ1n) is 7.19. The van der Waals surface area contributed by atoms with E-state index < -0.39 is 6.04 Å². The first-order valence-corrected chi connectivity index (χ1v) is 7.19. The molecule has 1 aromatic carbocycles. The smallest absolute Gasteiger partial charge is 0.244 e. The Morgan fingerprint density at radius 2 is 2.09 bits per heavy atom. The highest BCUT2D eigenvalue weighted by Gasteiger charge is 2.28. The Morgan fingerprint density at radius 3 is 2.77 bits per heavy atom. The summed E-state index contributed by atoms with van der Waals surface area (Å²) in [5, 5.41) is 4.17. The van der Waals surface area contributed by atoms with Crippen LogP contribution in [0.2, 0.25) is 0 Å². The zero-order valence-corrected chi connectivity index (χ0v) is 13.0. The van der Waals surface area contributed by atoms with Crippen LogP contribution in [0.1, 0.15) is 30.5 Å². The Kier molecular flexibility index (Phi) is 5.51. The van der Waals surface area contributed by atoms with Crippen LogP contribution >= 0.6 is 12.4 Å². The van der Waals surface area contributed by atoms with Crippen molar-refractivity contribution in [3.63, 3.8) is 0 Å². The minimum Gasteiger partial charge on any atom is -0.339 e. The summed E-state index contributed by atoms with van der Waals surface area (Å²) in [5.74, 6) is -0.0222. The van der Waals surface area contributed by atoms with Gasteiger partial charge in [0.2, 0.25) is 5.91 Å². The Labute approximate surface area is 135 Å². The number of hydrogen-bond donors (Lipinski definition) is 1. The maximum atomic E-state index is 12.6. The van der Waals surface area contributed by atoms with Crippen molar-refractivity contribution in [2.45, 2.75) is 24.9 Å². The fourth-order valence-corrected chi connectivity index (χ4v) is 2.78. The van der Waals surface area contributed by atoms with Crippen LogP contribution in [0.3, 0.4) is 0 Å². The van der Waals surface area contributed by atoms with E-state index in [4.69, 9.17) is 5.73 Å². The first-order chi connectivity index (χ1) is 10.3. The van der Waals surface area contributed by atoms with E-state index >= 15 is 0 Å². The van der Waals surface area contributed by atoms with Crippen LogP contribution in [-0.2, 0) is 4.79 Å². The third kappa shape index (κ3) is 3.45. The van der Waals surface area contributed by atoms with Crippen molar-refractivity contribution < 1.29 is 4.79 Å². The molecule has 6 nitrogen and oxygen atoms in total. The molecule has 7 heteroatoms. The van der Waals surface area contributed by atoms with E-state index in [1.807, 2.05) is 39.9 Å².